The SMILES string of the molecule is CC(C)CCC[N+](C)(C)C.[OH-]. The predicted molar refractivity (Wildman–Crippen MR) is 48.9 cm³/mol. The van der Waals surface area contributed by atoms with E-state index in [1.54, 1.807) is 0 Å². The van der Waals surface area contributed by atoms with E-state index in [1.165, 1.54) is 19.4 Å². The number of nitrogens with zero attached hydrogens (tertiary/aromatic N) is 1. The van der Waals surface area contributed by atoms with Crippen LogP contribution in [-0.2, 0) is 0 Å². The first-order valence-electron chi connectivity index (χ1n) is 4.22. The van der Waals surface area contributed by atoms with Crippen molar-refractivity contribution in [2.75, 3.05) is 27.7 Å². The lowest BCUT2D eigenvalue weighted by Crippen LogP contribution is -2.35. The molecule has 0 atom stereocenters. The van der Waals surface area contributed by atoms with Gasteiger partial charge in [0.15, 0.2) is 0 Å². The summed E-state index contributed by atoms with van der Waals surface area (Å²) in [6.45, 7) is 5.88. The average Bonchev–Trinajstić information content (AvgIpc) is 1.59. The van der Waals surface area contributed by atoms with E-state index >= 15 is 0 Å². The van der Waals surface area contributed by atoms with Gasteiger partial charge in [-0.2, -0.15) is 0 Å². The summed E-state index contributed by atoms with van der Waals surface area (Å²) in [6.07, 6.45) is 2.73. The van der Waals surface area contributed by atoms with Crippen molar-refractivity contribution in [3.05, 3.63) is 0 Å². The molecule has 0 spiro atoms. The summed E-state index contributed by atoms with van der Waals surface area (Å²) in [5, 5.41) is 0. The van der Waals surface area contributed by atoms with Gasteiger partial charge in [0, 0.05) is 0 Å². The molecular weight excluding hydrogens is 138 g/mol. The fraction of sp³-hybridized carbons (Fsp3) is 1.00. The molecule has 0 amide bonds. The number of rotatable bonds is 4. The van der Waals surface area contributed by atoms with Crippen LogP contribution in [0.25, 0.3) is 0 Å². The first kappa shape index (κ1) is 13.5. The highest BCUT2D eigenvalue weighted by Crippen LogP contribution is 2.05. The van der Waals surface area contributed by atoms with Gasteiger partial charge in [-0.1, -0.05) is 13.8 Å². The number of quaternary nitrogens is 1. The monoisotopic (exact) mass is 161 g/mol. The third-order valence-electron chi connectivity index (χ3n) is 1.61. The second kappa shape index (κ2) is 5.56. The van der Waals surface area contributed by atoms with Gasteiger partial charge in [-0.25, -0.2) is 0 Å². The highest BCUT2D eigenvalue weighted by molar-refractivity contribution is 4.43. The van der Waals surface area contributed by atoms with Crippen LogP contribution in [0.2, 0.25) is 0 Å². The van der Waals surface area contributed by atoms with Crippen LogP contribution in [0, 0.1) is 5.92 Å². The van der Waals surface area contributed by atoms with Gasteiger partial charge in [0.05, 0.1) is 27.7 Å². The molecular formula is C9H23NO. The molecule has 0 unspecified atom stereocenters. The summed E-state index contributed by atoms with van der Waals surface area (Å²) in [5.41, 5.74) is 0. The van der Waals surface area contributed by atoms with Gasteiger partial charge in [0.2, 0.25) is 0 Å². The largest absolute Gasteiger partial charge is 0.870 e. The zero-order valence-electron chi connectivity index (χ0n) is 8.59. The molecule has 0 aromatic heterocycles. The second-order valence-electron chi connectivity index (χ2n) is 4.55. The van der Waals surface area contributed by atoms with Gasteiger partial charge in [-0.05, 0) is 18.8 Å². The Morgan fingerprint density at radius 2 is 1.55 bits per heavy atom. The molecule has 0 rings (SSSR count). The molecule has 0 fully saturated rings. The predicted octanol–water partition coefficient (Wildman–Crippen LogP) is 1.95. The molecule has 0 aliphatic heterocycles. The molecule has 0 aromatic rings. The van der Waals surface area contributed by atoms with E-state index in [0.717, 1.165) is 10.4 Å². The van der Waals surface area contributed by atoms with Gasteiger partial charge in [0.25, 0.3) is 0 Å². The standard InChI is InChI=1S/C9H22N.H2O/c1-9(2)7-6-8-10(3,4)5;/h9H,6-8H2,1-5H3;1H2/q+1;/p-1. The van der Waals surface area contributed by atoms with Crippen molar-refractivity contribution in [3.8, 4) is 0 Å². The van der Waals surface area contributed by atoms with Crippen LogP contribution in [0.5, 0.6) is 0 Å². The molecule has 0 radical (unpaired) electrons. The Kier molecular flexibility index (Phi) is 6.82. The summed E-state index contributed by atoms with van der Waals surface area (Å²) in [4.78, 5) is 0. The Bertz CT molecular complexity index is 84.1. The van der Waals surface area contributed by atoms with Crippen molar-refractivity contribution >= 4 is 0 Å². The lowest BCUT2D eigenvalue weighted by molar-refractivity contribution is -0.870. The maximum Gasteiger partial charge on any atom is 0.0780 e. The Balaban J connectivity index is 0. The highest BCUT2D eigenvalue weighted by Gasteiger charge is 2.05. The van der Waals surface area contributed by atoms with Gasteiger partial charge >= 0.3 is 0 Å². The Morgan fingerprint density at radius 3 is 1.82 bits per heavy atom. The Hall–Kier alpha value is -0.0800. The molecule has 0 aliphatic carbocycles. The van der Waals surface area contributed by atoms with Crippen molar-refractivity contribution < 1.29 is 9.96 Å². The Morgan fingerprint density at radius 1 is 1.09 bits per heavy atom. The summed E-state index contributed by atoms with van der Waals surface area (Å²) in [5.74, 6) is 0.867. The first-order valence-corrected chi connectivity index (χ1v) is 4.22. The van der Waals surface area contributed by atoms with Crippen molar-refractivity contribution in [1.29, 1.82) is 0 Å². The average molecular weight is 161 g/mol. The lowest BCUT2D eigenvalue weighted by Gasteiger charge is -2.24. The summed E-state index contributed by atoms with van der Waals surface area (Å²) < 4.78 is 1.10. The van der Waals surface area contributed by atoms with Crippen LogP contribution in [0.4, 0.5) is 0 Å². The number of hydrogen-bond donors (Lipinski definition) is 0. The maximum absolute atomic E-state index is 2.29. The molecule has 0 aromatic carbocycles. The molecule has 0 saturated heterocycles. The fourth-order valence-electron chi connectivity index (χ4n) is 0.974. The zero-order chi connectivity index (χ0) is 8.20. The lowest BCUT2D eigenvalue weighted by atomic mass is 10.1. The Labute approximate surface area is 71.1 Å². The maximum atomic E-state index is 2.29. The minimum atomic E-state index is 0. The fourth-order valence-corrected chi connectivity index (χ4v) is 0.974. The molecule has 1 N–H and O–H groups in total. The van der Waals surface area contributed by atoms with Crippen molar-refractivity contribution in [2.45, 2.75) is 26.7 Å². The van der Waals surface area contributed by atoms with Crippen LogP contribution < -0.4 is 0 Å². The van der Waals surface area contributed by atoms with Crippen LogP contribution >= 0.6 is 0 Å². The van der Waals surface area contributed by atoms with E-state index < -0.39 is 0 Å². The minimum absolute atomic E-state index is 0. The van der Waals surface area contributed by atoms with E-state index in [1.807, 2.05) is 0 Å². The van der Waals surface area contributed by atoms with E-state index in [-0.39, 0.29) is 5.48 Å². The molecule has 70 valence electrons. The molecule has 0 bridgehead atoms. The summed E-state index contributed by atoms with van der Waals surface area (Å²) in [7, 11) is 6.75. The van der Waals surface area contributed by atoms with Crippen molar-refractivity contribution in [1.82, 2.24) is 0 Å². The molecule has 2 nitrogen and oxygen atoms in total. The van der Waals surface area contributed by atoms with Crippen molar-refractivity contribution in [3.63, 3.8) is 0 Å². The van der Waals surface area contributed by atoms with Gasteiger partial charge in [-0.3, -0.25) is 0 Å². The first-order chi connectivity index (χ1) is 4.42. The van der Waals surface area contributed by atoms with E-state index in [4.69, 9.17) is 0 Å². The number of hydrogen-bond acceptors (Lipinski definition) is 1. The summed E-state index contributed by atoms with van der Waals surface area (Å²) in [6, 6.07) is 0. The van der Waals surface area contributed by atoms with E-state index in [9.17, 15) is 0 Å². The smallest absolute Gasteiger partial charge is 0.0780 e. The van der Waals surface area contributed by atoms with Crippen molar-refractivity contribution in [2.24, 2.45) is 5.92 Å². The quantitative estimate of drug-likeness (QED) is 0.580. The second-order valence-corrected chi connectivity index (χ2v) is 4.55. The van der Waals surface area contributed by atoms with Crippen LogP contribution in [0.15, 0.2) is 0 Å². The summed E-state index contributed by atoms with van der Waals surface area (Å²) >= 11 is 0. The third-order valence-corrected chi connectivity index (χ3v) is 1.61. The van der Waals surface area contributed by atoms with Gasteiger partial charge in [-0.15, -0.1) is 0 Å². The van der Waals surface area contributed by atoms with Crippen LogP contribution in [0.3, 0.4) is 0 Å². The minimum Gasteiger partial charge on any atom is -0.870 e. The normalized spacial score (nSPS) is 11.5. The van der Waals surface area contributed by atoms with E-state index in [2.05, 4.69) is 35.0 Å². The van der Waals surface area contributed by atoms with Crippen LogP contribution in [0.1, 0.15) is 26.7 Å². The highest BCUT2D eigenvalue weighted by atomic mass is 16.0. The molecule has 0 aliphatic rings. The molecule has 11 heavy (non-hydrogen) atoms. The topological polar surface area (TPSA) is 30.0 Å². The van der Waals surface area contributed by atoms with E-state index in [0.29, 0.717) is 0 Å². The van der Waals surface area contributed by atoms with Crippen LogP contribution in [-0.4, -0.2) is 37.6 Å². The van der Waals surface area contributed by atoms with Gasteiger partial charge in [0.1, 0.15) is 0 Å². The molecule has 2 heteroatoms. The third kappa shape index (κ3) is 13.0. The molecule has 0 heterocycles. The molecule has 0 saturated carbocycles. The zero-order valence-corrected chi connectivity index (χ0v) is 8.59. The van der Waals surface area contributed by atoms with Gasteiger partial charge < -0.3 is 9.96 Å².